The van der Waals surface area contributed by atoms with Gasteiger partial charge in [0.15, 0.2) is 0 Å². The van der Waals surface area contributed by atoms with Crippen LogP contribution in [0.25, 0.3) is 0 Å². The van der Waals surface area contributed by atoms with Crippen LogP contribution in [0.1, 0.15) is 71.1 Å². The molecule has 1 aromatic carbocycles. The van der Waals surface area contributed by atoms with Crippen molar-refractivity contribution in [1.29, 1.82) is 0 Å². The van der Waals surface area contributed by atoms with Gasteiger partial charge >= 0.3 is 11.9 Å². The molecule has 0 bridgehead atoms. The Morgan fingerprint density at radius 3 is 2.39 bits per heavy atom. The molecule has 0 amide bonds. The van der Waals surface area contributed by atoms with E-state index in [4.69, 9.17) is 9.47 Å². The van der Waals surface area contributed by atoms with Gasteiger partial charge in [0.25, 0.3) is 0 Å². The smallest absolute Gasteiger partial charge is 0.311 e. The van der Waals surface area contributed by atoms with Crippen LogP contribution in [0.5, 0.6) is 5.75 Å². The van der Waals surface area contributed by atoms with E-state index in [1.165, 1.54) is 56.7 Å². The SMILES string of the molecule is CCCCCCCCC/C=C/COC(=O)CCC(=O)Oc1ccc(F)cc1Br. The molecule has 0 atom stereocenters. The minimum absolute atomic E-state index is 0.0523. The van der Waals surface area contributed by atoms with Crippen molar-refractivity contribution in [3.63, 3.8) is 0 Å². The number of halogens is 2. The maximum Gasteiger partial charge on any atom is 0.311 e. The molecular weight excluding hydrogens is 427 g/mol. The van der Waals surface area contributed by atoms with Gasteiger partial charge in [-0.25, -0.2) is 4.39 Å². The zero-order valence-corrected chi connectivity index (χ0v) is 18.1. The molecule has 0 aromatic heterocycles. The zero-order chi connectivity index (χ0) is 20.6. The van der Waals surface area contributed by atoms with Crippen LogP contribution in [0, 0.1) is 5.82 Å². The number of unbranched alkanes of at least 4 members (excludes halogenated alkanes) is 7. The van der Waals surface area contributed by atoms with Gasteiger partial charge in [-0.15, -0.1) is 0 Å². The van der Waals surface area contributed by atoms with E-state index in [-0.39, 0.29) is 25.2 Å². The van der Waals surface area contributed by atoms with Gasteiger partial charge in [0.1, 0.15) is 18.2 Å². The average molecular weight is 457 g/mol. The van der Waals surface area contributed by atoms with Crippen LogP contribution in [0.3, 0.4) is 0 Å². The summed E-state index contributed by atoms with van der Waals surface area (Å²) in [7, 11) is 0. The number of hydrogen-bond donors (Lipinski definition) is 0. The highest BCUT2D eigenvalue weighted by Crippen LogP contribution is 2.25. The molecule has 0 aliphatic rings. The number of allylic oxidation sites excluding steroid dienone is 1. The maximum absolute atomic E-state index is 13.0. The van der Waals surface area contributed by atoms with Gasteiger partial charge in [0.05, 0.1) is 17.3 Å². The first kappa shape index (κ1) is 24.3. The molecule has 1 aromatic rings. The number of hydrogen-bond acceptors (Lipinski definition) is 4. The molecule has 4 nitrogen and oxygen atoms in total. The van der Waals surface area contributed by atoms with Crippen molar-refractivity contribution < 1.29 is 23.5 Å². The first-order valence-electron chi connectivity index (χ1n) is 9.99. The summed E-state index contributed by atoms with van der Waals surface area (Å²) < 4.78 is 23.5. The van der Waals surface area contributed by atoms with Crippen LogP contribution in [-0.4, -0.2) is 18.5 Å². The Bertz CT molecular complexity index is 631. The average Bonchev–Trinajstić information content (AvgIpc) is 2.66. The Morgan fingerprint density at radius 2 is 1.68 bits per heavy atom. The van der Waals surface area contributed by atoms with Crippen molar-refractivity contribution in [3.05, 3.63) is 40.6 Å². The summed E-state index contributed by atoms with van der Waals surface area (Å²) in [5.41, 5.74) is 0. The van der Waals surface area contributed by atoms with E-state index >= 15 is 0 Å². The fraction of sp³-hybridized carbons (Fsp3) is 0.545. The van der Waals surface area contributed by atoms with Gasteiger partial charge in [-0.3, -0.25) is 9.59 Å². The lowest BCUT2D eigenvalue weighted by Gasteiger charge is -2.06. The molecule has 6 heteroatoms. The monoisotopic (exact) mass is 456 g/mol. The topological polar surface area (TPSA) is 52.6 Å². The molecule has 0 fully saturated rings. The third-order valence-electron chi connectivity index (χ3n) is 4.13. The van der Waals surface area contributed by atoms with Crippen LogP contribution < -0.4 is 4.74 Å². The predicted molar refractivity (Wildman–Crippen MR) is 112 cm³/mol. The lowest BCUT2D eigenvalue weighted by atomic mass is 10.1. The number of carbonyl (C=O) groups is 2. The molecule has 28 heavy (non-hydrogen) atoms. The van der Waals surface area contributed by atoms with Crippen molar-refractivity contribution in [1.82, 2.24) is 0 Å². The Balaban J connectivity index is 2.06. The lowest BCUT2D eigenvalue weighted by molar-refractivity contribution is -0.146. The van der Waals surface area contributed by atoms with Crippen molar-refractivity contribution in [2.45, 2.75) is 71.1 Å². The second kappa shape index (κ2) is 15.3. The third kappa shape index (κ3) is 11.9. The summed E-state index contributed by atoms with van der Waals surface area (Å²) in [6.45, 7) is 2.43. The molecule has 1 rings (SSSR count). The minimum atomic E-state index is -0.571. The highest BCUT2D eigenvalue weighted by molar-refractivity contribution is 9.10. The molecule has 0 heterocycles. The van der Waals surface area contributed by atoms with E-state index < -0.39 is 17.8 Å². The van der Waals surface area contributed by atoms with Crippen molar-refractivity contribution in [3.8, 4) is 5.75 Å². The van der Waals surface area contributed by atoms with E-state index in [1.807, 2.05) is 12.2 Å². The molecule has 0 saturated carbocycles. The molecule has 0 aliphatic carbocycles. The highest BCUT2D eigenvalue weighted by atomic mass is 79.9. The summed E-state index contributed by atoms with van der Waals surface area (Å²) in [5, 5.41) is 0. The maximum atomic E-state index is 13.0. The Morgan fingerprint density at radius 1 is 1.00 bits per heavy atom. The Hall–Kier alpha value is -1.69. The van der Waals surface area contributed by atoms with E-state index in [9.17, 15) is 14.0 Å². The van der Waals surface area contributed by atoms with Gasteiger partial charge in [0, 0.05) is 0 Å². The van der Waals surface area contributed by atoms with Gasteiger partial charge < -0.3 is 9.47 Å². The molecule has 156 valence electrons. The van der Waals surface area contributed by atoms with Gasteiger partial charge in [-0.05, 0) is 47.0 Å². The molecule has 0 aliphatic heterocycles. The van der Waals surface area contributed by atoms with Crippen LogP contribution >= 0.6 is 15.9 Å². The molecule has 0 N–H and O–H groups in total. The second-order valence-electron chi connectivity index (χ2n) is 6.61. The number of benzene rings is 1. The van der Waals surface area contributed by atoms with Gasteiger partial charge in [-0.1, -0.05) is 57.6 Å². The molecule has 0 spiro atoms. The first-order chi connectivity index (χ1) is 13.5. The van der Waals surface area contributed by atoms with Crippen LogP contribution in [0.4, 0.5) is 4.39 Å². The number of ether oxygens (including phenoxy) is 2. The van der Waals surface area contributed by atoms with E-state index in [0.29, 0.717) is 4.47 Å². The summed E-state index contributed by atoms with van der Waals surface area (Å²) in [6.07, 6.45) is 13.6. The standard InChI is InChI=1S/C22H30BrFO4/c1-2-3-4-5-6-7-8-9-10-11-16-27-21(25)14-15-22(26)28-20-13-12-18(24)17-19(20)23/h10-13,17H,2-9,14-16H2,1H3/b11-10+. The lowest BCUT2D eigenvalue weighted by Crippen LogP contribution is -2.12. The number of esters is 2. The first-order valence-corrected chi connectivity index (χ1v) is 10.8. The van der Waals surface area contributed by atoms with E-state index in [2.05, 4.69) is 22.9 Å². The number of rotatable bonds is 14. The predicted octanol–water partition coefficient (Wildman–Crippen LogP) is 6.51. The quantitative estimate of drug-likeness (QED) is 0.138. The summed E-state index contributed by atoms with van der Waals surface area (Å²) in [6, 6.07) is 3.75. The van der Waals surface area contributed by atoms with E-state index in [0.717, 1.165) is 12.8 Å². The fourth-order valence-electron chi connectivity index (χ4n) is 2.55. The van der Waals surface area contributed by atoms with Gasteiger partial charge in [0.2, 0.25) is 0 Å². The third-order valence-corrected chi connectivity index (χ3v) is 4.75. The summed E-state index contributed by atoms with van der Waals surface area (Å²) in [5.74, 6) is -1.24. The summed E-state index contributed by atoms with van der Waals surface area (Å²) in [4.78, 5) is 23.4. The minimum Gasteiger partial charge on any atom is -0.461 e. The van der Waals surface area contributed by atoms with Crippen molar-refractivity contribution in [2.24, 2.45) is 0 Å². The highest BCUT2D eigenvalue weighted by Gasteiger charge is 2.12. The number of carbonyl (C=O) groups excluding carboxylic acids is 2. The molecule has 0 radical (unpaired) electrons. The van der Waals surface area contributed by atoms with Crippen LogP contribution in [0.15, 0.2) is 34.8 Å². The van der Waals surface area contributed by atoms with E-state index in [1.54, 1.807) is 0 Å². The summed E-state index contributed by atoms with van der Waals surface area (Å²) >= 11 is 3.12. The Labute approximate surface area is 175 Å². The Kier molecular flexibility index (Phi) is 13.3. The fourth-order valence-corrected chi connectivity index (χ4v) is 2.99. The zero-order valence-electron chi connectivity index (χ0n) is 16.6. The van der Waals surface area contributed by atoms with Crippen LogP contribution in [-0.2, 0) is 14.3 Å². The molecular formula is C22H30BrFO4. The van der Waals surface area contributed by atoms with Gasteiger partial charge in [-0.2, -0.15) is 0 Å². The van der Waals surface area contributed by atoms with Crippen molar-refractivity contribution >= 4 is 27.9 Å². The normalized spacial score (nSPS) is 11.0. The largest absolute Gasteiger partial charge is 0.461 e. The van der Waals surface area contributed by atoms with Crippen molar-refractivity contribution in [2.75, 3.05) is 6.61 Å². The molecule has 0 unspecified atom stereocenters. The second-order valence-corrected chi connectivity index (χ2v) is 7.47. The van der Waals surface area contributed by atoms with Crippen LogP contribution in [0.2, 0.25) is 0 Å². The molecule has 0 saturated heterocycles.